The molecule has 0 fully saturated rings. The molecule has 0 saturated carbocycles. The molecule has 0 radical (unpaired) electrons. The number of ether oxygens (including phenoxy) is 1. The molecule has 0 unspecified atom stereocenters. The molecule has 60 heavy (non-hydrogen) atoms. The summed E-state index contributed by atoms with van der Waals surface area (Å²) in [6, 6.07) is 20.7. The summed E-state index contributed by atoms with van der Waals surface area (Å²) < 4.78 is 54.8. The minimum atomic E-state index is -4.32. The van der Waals surface area contributed by atoms with E-state index >= 15 is 0 Å². The fourth-order valence-electron chi connectivity index (χ4n) is 5.72. The zero-order chi connectivity index (χ0) is 44.6. The van der Waals surface area contributed by atoms with E-state index in [0.29, 0.717) is 37.9 Å². The minimum absolute atomic E-state index is 0.0971. The van der Waals surface area contributed by atoms with Gasteiger partial charge < -0.3 is 40.1 Å². The van der Waals surface area contributed by atoms with Gasteiger partial charge in [0.2, 0.25) is 11.8 Å². The number of carboxylic acids is 1. The Morgan fingerprint density at radius 3 is 1.38 bits per heavy atom. The van der Waals surface area contributed by atoms with Crippen molar-refractivity contribution in [2.75, 3.05) is 18.9 Å². The van der Waals surface area contributed by atoms with Crippen molar-refractivity contribution in [3.05, 3.63) is 118 Å². The summed E-state index contributed by atoms with van der Waals surface area (Å²) in [5, 5.41) is 15.0. The highest BCUT2D eigenvalue weighted by Crippen LogP contribution is 2.35. The van der Waals surface area contributed by atoms with Crippen LogP contribution in [0.2, 0.25) is 10.0 Å². The molecule has 0 aliphatic heterocycles. The summed E-state index contributed by atoms with van der Waals surface area (Å²) in [6.07, 6.45) is -1.95. The van der Waals surface area contributed by atoms with Gasteiger partial charge in [-0.25, -0.2) is 8.78 Å². The topological polar surface area (TPSA) is 237 Å². The number of esters is 1. The van der Waals surface area contributed by atoms with E-state index < -0.39 is 81.4 Å². The van der Waals surface area contributed by atoms with Crippen molar-refractivity contribution < 1.29 is 66.5 Å². The van der Waals surface area contributed by atoms with Crippen molar-refractivity contribution in [3.63, 3.8) is 0 Å². The average molecular weight is 916 g/mol. The molecule has 4 rings (SSSR count). The van der Waals surface area contributed by atoms with Gasteiger partial charge in [0.1, 0.15) is 11.6 Å². The van der Waals surface area contributed by atoms with Crippen LogP contribution in [-0.2, 0) is 45.9 Å². The highest BCUT2D eigenvalue weighted by Gasteiger charge is 2.22. The Kier molecular flexibility index (Phi) is 19.5. The van der Waals surface area contributed by atoms with Crippen molar-refractivity contribution in [3.8, 4) is 22.3 Å². The van der Waals surface area contributed by atoms with E-state index in [0.717, 1.165) is 5.56 Å². The Morgan fingerprint density at radius 1 is 0.650 bits per heavy atom. The van der Waals surface area contributed by atoms with Crippen molar-refractivity contribution in [1.82, 2.24) is 10.6 Å². The second-order valence-corrected chi connectivity index (χ2v) is 17.9. The van der Waals surface area contributed by atoms with Gasteiger partial charge in [-0.1, -0.05) is 71.7 Å². The standard InChI is InChI=1S/C21H24ClFNO6P.C19H20ClFNO6P/c1-2-30-21(26)13-17(24-20(25)9-10-31(27,28)29)11-14-3-5-15(6-4-14)18-12-16(22)7-8-19(18)23;20-14-5-6-17(21)16(10-14)13-3-1-12(2-4-13)9-15(11-19(24)25)22-18(23)7-8-29(26,27)28/h3-8,12,17H,2,9-11,13H2,1H3,(H,24,25)(H2,27,28,29);1-6,10,15H,7-9,11H2,(H,22,23)(H,24,25)(H2,26,27,28)/t17-;15-/m11/s1. The number of hydrogen-bond donors (Lipinski definition) is 7. The normalized spacial score (nSPS) is 12.3. The van der Waals surface area contributed by atoms with Crippen LogP contribution in [0.25, 0.3) is 22.3 Å². The minimum Gasteiger partial charge on any atom is -0.481 e. The quantitative estimate of drug-likeness (QED) is 0.0375. The number of amides is 2. The van der Waals surface area contributed by atoms with E-state index in [4.69, 9.17) is 52.6 Å². The number of aliphatic carboxylic acids is 1. The lowest BCUT2D eigenvalue weighted by Gasteiger charge is -2.19. The van der Waals surface area contributed by atoms with Crippen LogP contribution < -0.4 is 10.6 Å². The lowest BCUT2D eigenvalue weighted by molar-refractivity contribution is -0.144. The van der Waals surface area contributed by atoms with Crippen LogP contribution in [0.15, 0.2) is 84.9 Å². The summed E-state index contributed by atoms with van der Waals surface area (Å²) in [6.45, 7) is 1.86. The molecule has 0 saturated heterocycles. The summed E-state index contributed by atoms with van der Waals surface area (Å²) in [5.41, 5.74) is 3.38. The van der Waals surface area contributed by atoms with E-state index in [9.17, 15) is 37.1 Å². The van der Waals surface area contributed by atoms with Crippen LogP contribution in [0.4, 0.5) is 8.78 Å². The smallest absolute Gasteiger partial charge is 0.326 e. The average Bonchev–Trinajstić information content (AvgIpc) is 3.15. The zero-order valence-corrected chi connectivity index (χ0v) is 35.4. The number of benzene rings is 4. The van der Waals surface area contributed by atoms with Gasteiger partial charge in [-0.05, 0) is 78.4 Å². The van der Waals surface area contributed by atoms with Gasteiger partial charge in [0.05, 0.1) is 31.8 Å². The third kappa shape index (κ3) is 18.8. The molecule has 0 aliphatic rings. The summed E-state index contributed by atoms with van der Waals surface area (Å²) >= 11 is 11.8. The first kappa shape index (κ1) is 49.9. The fraction of sp³-hybridized carbons (Fsp3) is 0.300. The lowest BCUT2D eigenvalue weighted by atomic mass is 9.99. The molecule has 0 bridgehead atoms. The van der Waals surface area contributed by atoms with Crippen LogP contribution in [0.3, 0.4) is 0 Å². The van der Waals surface area contributed by atoms with E-state index in [1.165, 1.54) is 36.4 Å². The number of hydrogen-bond acceptors (Lipinski definition) is 7. The van der Waals surface area contributed by atoms with E-state index in [1.807, 2.05) is 0 Å². The third-order valence-electron chi connectivity index (χ3n) is 8.48. The molecule has 2 amide bonds. The first-order valence-corrected chi connectivity index (χ1v) is 22.6. The molecule has 4 aromatic rings. The first-order chi connectivity index (χ1) is 28.1. The van der Waals surface area contributed by atoms with Gasteiger partial charge >= 0.3 is 27.1 Å². The molecule has 0 spiro atoms. The van der Waals surface area contributed by atoms with Crippen LogP contribution in [0.1, 0.15) is 43.7 Å². The van der Waals surface area contributed by atoms with E-state index in [2.05, 4.69) is 10.6 Å². The van der Waals surface area contributed by atoms with E-state index in [1.54, 1.807) is 55.5 Å². The fourth-order valence-corrected chi connectivity index (χ4v) is 7.05. The molecular formula is C40H44Cl2F2N2O12P2. The van der Waals surface area contributed by atoms with E-state index in [-0.39, 0.29) is 38.7 Å². The monoisotopic (exact) mass is 914 g/mol. The SMILES string of the molecule is CCOC(=O)C[C@@H](Cc1ccc(-c2cc(Cl)ccc2F)cc1)NC(=O)CCP(=O)(O)O.O=C(O)C[C@@H](Cc1ccc(-c2cc(Cl)ccc2F)cc1)NC(=O)CCP(=O)(O)O. The van der Waals surface area contributed by atoms with Crippen LogP contribution >= 0.6 is 38.4 Å². The maximum Gasteiger partial charge on any atom is 0.326 e. The lowest BCUT2D eigenvalue weighted by Crippen LogP contribution is -2.38. The molecule has 324 valence electrons. The van der Waals surface area contributed by atoms with Gasteiger partial charge in [-0.15, -0.1) is 0 Å². The van der Waals surface area contributed by atoms with Gasteiger partial charge in [-0.3, -0.25) is 28.3 Å². The van der Waals surface area contributed by atoms with Crippen LogP contribution in [0, 0.1) is 11.6 Å². The highest BCUT2D eigenvalue weighted by molar-refractivity contribution is 7.52. The van der Waals surface area contributed by atoms with Crippen LogP contribution in [0.5, 0.6) is 0 Å². The Labute approximate surface area is 354 Å². The molecule has 0 aliphatic carbocycles. The Morgan fingerprint density at radius 2 is 1.03 bits per heavy atom. The van der Waals surface area contributed by atoms with Gasteiger partial charge in [0, 0.05) is 46.1 Å². The second kappa shape index (κ2) is 23.5. The molecule has 2 atom stereocenters. The number of rotatable bonds is 19. The van der Waals surface area contributed by atoms with Crippen molar-refractivity contribution in [2.24, 2.45) is 0 Å². The predicted molar refractivity (Wildman–Crippen MR) is 222 cm³/mol. The van der Waals surface area contributed by atoms with Crippen molar-refractivity contribution in [2.45, 2.75) is 57.5 Å². The summed E-state index contributed by atoms with van der Waals surface area (Å²) in [5.74, 6) is -3.67. The van der Waals surface area contributed by atoms with Crippen molar-refractivity contribution in [1.29, 1.82) is 0 Å². The molecule has 0 aromatic heterocycles. The Hall–Kier alpha value is -4.50. The zero-order valence-electron chi connectivity index (χ0n) is 32.1. The predicted octanol–water partition coefficient (Wildman–Crippen LogP) is 6.91. The molecular weight excluding hydrogens is 871 g/mol. The molecule has 14 nitrogen and oxygen atoms in total. The summed E-state index contributed by atoms with van der Waals surface area (Å²) in [4.78, 5) is 82.5. The maximum atomic E-state index is 14.1. The van der Waals surface area contributed by atoms with Gasteiger partial charge in [-0.2, -0.15) is 0 Å². The second-order valence-electron chi connectivity index (χ2n) is 13.5. The first-order valence-electron chi connectivity index (χ1n) is 18.2. The number of carboxylic acid groups (broad SMARTS) is 1. The third-order valence-corrected chi connectivity index (χ3v) is 10.6. The number of carbonyl (C=O) groups is 4. The summed E-state index contributed by atoms with van der Waals surface area (Å²) in [7, 11) is -8.62. The van der Waals surface area contributed by atoms with Crippen LogP contribution in [-0.4, -0.2) is 79.4 Å². The molecule has 7 N–H and O–H groups in total. The molecule has 0 heterocycles. The number of nitrogens with one attached hydrogen (secondary N) is 2. The highest BCUT2D eigenvalue weighted by atomic mass is 35.5. The van der Waals surface area contributed by atoms with Crippen molar-refractivity contribution >= 4 is 62.1 Å². The molecule has 20 heteroatoms. The van der Waals surface area contributed by atoms with Gasteiger partial charge in [0.25, 0.3) is 0 Å². The number of halogens is 4. The Bertz CT molecular complexity index is 2200. The maximum absolute atomic E-state index is 14.1. The van der Waals surface area contributed by atoms with Gasteiger partial charge in [0.15, 0.2) is 0 Å². The number of carbonyl (C=O) groups excluding carboxylic acids is 3. The molecule has 4 aromatic carbocycles. The largest absolute Gasteiger partial charge is 0.481 e. The Balaban J connectivity index is 0.000000321.